The minimum Gasteiger partial charge on any atom is -0.340 e. The Balaban J connectivity index is 1.96. The van der Waals surface area contributed by atoms with E-state index in [1.807, 2.05) is 6.20 Å². The second-order valence-electron chi connectivity index (χ2n) is 2.49. The number of aromatic nitrogens is 2. The second kappa shape index (κ2) is 6.54. The van der Waals surface area contributed by atoms with Gasteiger partial charge in [-0.25, -0.2) is 4.98 Å². The van der Waals surface area contributed by atoms with E-state index in [-0.39, 0.29) is 0 Å². The first kappa shape index (κ1) is 10.1. The van der Waals surface area contributed by atoms with E-state index in [4.69, 9.17) is 0 Å². The van der Waals surface area contributed by atoms with Crippen molar-refractivity contribution < 1.29 is 0 Å². The third-order valence-electron chi connectivity index (χ3n) is 1.49. The molecule has 0 saturated heterocycles. The molecule has 1 aromatic rings. The van der Waals surface area contributed by atoms with Crippen molar-refractivity contribution in [1.29, 1.82) is 0 Å². The molecule has 0 unspecified atom stereocenters. The quantitative estimate of drug-likeness (QED) is 0.477. The fraction of sp³-hybridized carbons (Fsp3) is 0.625. The molecule has 0 fully saturated rings. The van der Waals surface area contributed by atoms with Crippen LogP contribution in [0.2, 0.25) is 0 Å². The van der Waals surface area contributed by atoms with Gasteiger partial charge in [-0.05, 0) is 12.8 Å². The smallest absolute Gasteiger partial charge is 0.165 e. The molecule has 0 aromatic carbocycles. The van der Waals surface area contributed by atoms with Crippen LogP contribution in [0.15, 0.2) is 17.6 Å². The Kier molecular flexibility index (Phi) is 5.52. The molecule has 0 atom stereocenters. The topological polar surface area (TPSA) is 28.7 Å². The van der Waals surface area contributed by atoms with Gasteiger partial charge in [0.1, 0.15) is 0 Å². The van der Waals surface area contributed by atoms with Gasteiger partial charge < -0.3 is 4.98 Å². The maximum Gasteiger partial charge on any atom is 0.165 e. The number of halogens is 1. The number of hydrogen-bond donors (Lipinski definition) is 1. The summed E-state index contributed by atoms with van der Waals surface area (Å²) in [5.74, 6) is 1.17. The summed E-state index contributed by atoms with van der Waals surface area (Å²) >= 11 is 5.21. The molecule has 0 saturated carbocycles. The molecule has 12 heavy (non-hydrogen) atoms. The summed E-state index contributed by atoms with van der Waals surface area (Å²) in [6, 6.07) is 0. The molecule has 0 aliphatic heterocycles. The van der Waals surface area contributed by atoms with E-state index < -0.39 is 0 Å². The Bertz CT molecular complexity index is 189. The Morgan fingerprint density at radius 1 is 1.42 bits per heavy atom. The maximum absolute atomic E-state index is 4.13. The molecular weight excluding hydrogens is 236 g/mol. The molecule has 1 heterocycles. The van der Waals surface area contributed by atoms with Crippen molar-refractivity contribution >= 4 is 27.7 Å². The minimum atomic E-state index is 1.04. The molecule has 0 aliphatic carbocycles. The average Bonchev–Trinajstić information content (AvgIpc) is 2.57. The zero-order valence-electron chi connectivity index (χ0n) is 6.92. The van der Waals surface area contributed by atoms with Gasteiger partial charge in [0.05, 0.1) is 0 Å². The number of thioether (sulfide) groups is 1. The lowest BCUT2D eigenvalue weighted by Crippen LogP contribution is -1.83. The number of nitrogens with one attached hydrogen (secondary N) is 1. The number of nitrogens with zero attached hydrogens (tertiary/aromatic N) is 1. The second-order valence-corrected chi connectivity index (χ2v) is 4.37. The molecular formula is C8H13BrN2S. The molecule has 1 aromatic heterocycles. The Morgan fingerprint density at radius 2 is 2.33 bits per heavy atom. The Hall–Kier alpha value is 0.0400. The first-order valence-corrected chi connectivity index (χ1v) is 6.22. The van der Waals surface area contributed by atoms with Crippen molar-refractivity contribution in [1.82, 2.24) is 9.97 Å². The van der Waals surface area contributed by atoms with Crippen LogP contribution in [-0.4, -0.2) is 21.1 Å². The van der Waals surface area contributed by atoms with E-state index in [2.05, 4.69) is 25.9 Å². The number of alkyl halides is 1. The number of unbranched alkanes of at least 4 members (excludes halogenated alkanes) is 2. The first-order valence-electron chi connectivity index (χ1n) is 4.11. The minimum absolute atomic E-state index is 1.04. The predicted molar refractivity (Wildman–Crippen MR) is 57.0 cm³/mol. The zero-order chi connectivity index (χ0) is 8.65. The van der Waals surface area contributed by atoms with Crippen LogP contribution in [0.4, 0.5) is 0 Å². The lowest BCUT2D eigenvalue weighted by atomic mass is 10.3. The summed E-state index contributed by atoms with van der Waals surface area (Å²) in [6.45, 7) is 0. The monoisotopic (exact) mass is 248 g/mol. The number of aromatic amines is 1. The van der Waals surface area contributed by atoms with Crippen LogP contribution in [0.5, 0.6) is 0 Å². The molecule has 0 spiro atoms. The van der Waals surface area contributed by atoms with E-state index in [9.17, 15) is 0 Å². The molecule has 0 aliphatic rings. The lowest BCUT2D eigenvalue weighted by Gasteiger charge is -1.96. The van der Waals surface area contributed by atoms with E-state index in [1.165, 1.54) is 25.0 Å². The maximum atomic E-state index is 4.13. The van der Waals surface area contributed by atoms with Crippen molar-refractivity contribution in [2.75, 3.05) is 11.1 Å². The highest BCUT2D eigenvalue weighted by molar-refractivity contribution is 9.09. The van der Waals surface area contributed by atoms with Crippen LogP contribution in [-0.2, 0) is 0 Å². The normalized spacial score (nSPS) is 10.4. The van der Waals surface area contributed by atoms with Gasteiger partial charge in [0, 0.05) is 23.5 Å². The van der Waals surface area contributed by atoms with Crippen molar-refractivity contribution in [3.8, 4) is 0 Å². The van der Waals surface area contributed by atoms with E-state index in [1.54, 1.807) is 18.0 Å². The summed E-state index contributed by atoms with van der Waals surface area (Å²) in [5, 5.41) is 2.16. The SMILES string of the molecule is BrCCCCCSc1ncc[nH]1. The van der Waals surface area contributed by atoms with Crippen molar-refractivity contribution in [3.63, 3.8) is 0 Å². The van der Waals surface area contributed by atoms with E-state index in [0.717, 1.165) is 10.5 Å². The van der Waals surface area contributed by atoms with Crippen LogP contribution in [0.3, 0.4) is 0 Å². The summed E-state index contributed by atoms with van der Waals surface area (Å²) < 4.78 is 0. The van der Waals surface area contributed by atoms with Crippen LogP contribution in [0.25, 0.3) is 0 Å². The van der Waals surface area contributed by atoms with Gasteiger partial charge in [-0.15, -0.1) is 0 Å². The highest BCUT2D eigenvalue weighted by Crippen LogP contribution is 2.14. The average molecular weight is 249 g/mol. The fourth-order valence-corrected chi connectivity index (χ4v) is 2.10. The largest absolute Gasteiger partial charge is 0.340 e. The van der Waals surface area contributed by atoms with Gasteiger partial charge in [0.2, 0.25) is 0 Å². The van der Waals surface area contributed by atoms with Crippen LogP contribution >= 0.6 is 27.7 Å². The van der Waals surface area contributed by atoms with Gasteiger partial charge in [-0.3, -0.25) is 0 Å². The zero-order valence-corrected chi connectivity index (χ0v) is 9.33. The molecule has 1 N–H and O–H groups in total. The molecule has 4 heteroatoms. The van der Waals surface area contributed by atoms with Gasteiger partial charge >= 0.3 is 0 Å². The fourth-order valence-electron chi connectivity index (χ4n) is 0.872. The summed E-state index contributed by atoms with van der Waals surface area (Å²) in [4.78, 5) is 7.20. The Labute approximate surface area is 85.7 Å². The predicted octanol–water partition coefficient (Wildman–Crippen LogP) is 3.07. The van der Waals surface area contributed by atoms with Crippen molar-refractivity contribution in [2.45, 2.75) is 24.4 Å². The Morgan fingerprint density at radius 3 is 3.00 bits per heavy atom. The third kappa shape index (κ3) is 4.16. The first-order chi connectivity index (χ1) is 5.93. The summed E-state index contributed by atoms with van der Waals surface area (Å²) in [5.41, 5.74) is 0. The number of H-pyrrole nitrogens is 1. The molecule has 0 amide bonds. The van der Waals surface area contributed by atoms with Crippen LogP contribution in [0, 0.1) is 0 Å². The highest BCUT2D eigenvalue weighted by atomic mass is 79.9. The van der Waals surface area contributed by atoms with Crippen molar-refractivity contribution in [3.05, 3.63) is 12.4 Å². The molecule has 2 nitrogen and oxygen atoms in total. The number of imidazole rings is 1. The van der Waals surface area contributed by atoms with Crippen LogP contribution < -0.4 is 0 Å². The van der Waals surface area contributed by atoms with Gasteiger partial charge in [0.15, 0.2) is 5.16 Å². The number of hydrogen-bond acceptors (Lipinski definition) is 2. The molecule has 68 valence electrons. The number of rotatable bonds is 6. The highest BCUT2D eigenvalue weighted by Gasteiger charge is 1.94. The summed E-state index contributed by atoms with van der Waals surface area (Å²) in [7, 11) is 0. The molecule has 0 radical (unpaired) electrons. The van der Waals surface area contributed by atoms with Gasteiger partial charge in [-0.1, -0.05) is 34.1 Å². The molecule has 1 rings (SSSR count). The standard InChI is InChI=1S/C8H13BrN2S/c9-4-2-1-3-7-12-8-10-5-6-11-8/h5-6H,1-4,7H2,(H,10,11). The van der Waals surface area contributed by atoms with Gasteiger partial charge in [-0.2, -0.15) is 0 Å². The van der Waals surface area contributed by atoms with E-state index in [0.29, 0.717) is 0 Å². The van der Waals surface area contributed by atoms with Gasteiger partial charge in [0.25, 0.3) is 0 Å². The third-order valence-corrected chi connectivity index (χ3v) is 3.04. The molecule has 0 bridgehead atoms. The van der Waals surface area contributed by atoms with Crippen molar-refractivity contribution in [2.24, 2.45) is 0 Å². The van der Waals surface area contributed by atoms with Crippen LogP contribution in [0.1, 0.15) is 19.3 Å². The summed E-state index contributed by atoms with van der Waals surface area (Å²) in [6.07, 6.45) is 7.51. The van der Waals surface area contributed by atoms with E-state index >= 15 is 0 Å². The lowest BCUT2D eigenvalue weighted by molar-refractivity contribution is 0.787.